The van der Waals surface area contributed by atoms with Gasteiger partial charge in [-0.05, 0) is 18.2 Å². The fourth-order valence-corrected chi connectivity index (χ4v) is 1.44. The molecule has 1 aromatic carbocycles. The third kappa shape index (κ3) is 4.42. The molecule has 2 amide bonds. The summed E-state index contributed by atoms with van der Waals surface area (Å²) in [5, 5.41) is 5.53. The average Bonchev–Trinajstić information content (AvgIpc) is 2.22. The molecular formula is C11H13ClN2O3. The highest BCUT2D eigenvalue weighted by atomic mass is 35.5. The number of rotatable bonds is 4. The van der Waals surface area contributed by atoms with Gasteiger partial charge in [-0.1, -0.05) is 11.6 Å². The predicted molar refractivity (Wildman–Crippen MR) is 66.3 cm³/mol. The molecule has 0 heterocycles. The van der Waals surface area contributed by atoms with E-state index in [1.807, 2.05) is 0 Å². The van der Waals surface area contributed by atoms with Gasteiger partial charge in [0.05, 0.1) is 10.7 Å². The summed E-state index contributed by atoms with van der Waals surface area (Å²) in [6.07, 6.45) is 0. The van der Waals surface area contributed by atoms with Gasteiger partial charge < -0.3 is 15.4 Å². The fourth-order valence-electron chi connectivity index (χ4n) is 1.21. The Kier molecular flexibility index (Phi) is 4.93. The van der Waals surface area contributed by atoms with Gasteiger partial charge in [0.25, 0.3) is 0 Å². The van der Waals surface area contributed by atoms with Crippen LogP contribution >= 0.6 is 11.6 Å². The molecule has 0 radical (unpaired) electrons. The van der Waals surface area contributed by atoms with Crippen LogP contribution in [0.25, 0.3) is 0 Å². The molecule has 0 atom stereocenters. The number of carbonyl (C=O) groups excluding carboxylic acids is 2. The molecule has 0 spiro atoms. The molecule has 1 aromatic rings. The summed E-state index contributed by atoms with van der Waals surface area (Å²) < 4.78 is 4.68. The minimum atomic E-state index is -0.268. The molecule has 0 saturated carbocycles. The molecule has 0 bridgehead atoms. The van der Waals surface area contributed by atoms with E-state index in [0.717, 1.165) is 0 Å². The van der Waals surface area contributed by atoms with Gasteiger partial charge in [-0.15, -0.1) is 0 Å². The number of nitrogens with one attached hydrogen (secondary N) is 2. The van der Waals surface area contributed by atoms with Gasteiger partial charge in [-0.3, -0.25) is 9.59 Å². The Morgan fingerprint density at radius 2 is 2.06 bits per heavy atom. The molecule has 0 unspecified atom stereocenters. The number of ether oxygens (including phenoxy) is 1. The van der Waals surface area contributed by atoms with E-state index in [9.17, 15) is 9.59 Å². The molecular weight excluding hydrogens is 244 g/mol. The van der Waals surface area contributed by atoms with E-state index in [1.165, 1.54) is 14.0 Å². The molecule has 0 aliphatic carbocycles. The minimum absolute atomic E-state index is 0.0228. The second-order valence-electron chi connectivity index (χ2n) is 3.36. The van der Waals surface area contributed by atoms with Gasteiger partial charge in [0.15, 0.2) is 0 Å². The molecule has 0 saturated heterocycles. The standard InChI is InChI=1S/C11H13ClN2O3/c1-7(15)13-10-4-3-8(5-9(10)12)14-11(16)6-17-2/h3-5H,6H2,1-2H3,(H,13,15)(H,14,16). The van der Waals surface area contributed by atoms with Gasteiger partial charge in [-0.25, -0.2) is 0 Å². The van der Waals surface area contributed by atoms with Gasteiger partial charge in [0.1, 0.15) is 6.61 Å². The first-order valence-electron chi connectivity index (χ1n) is 4.89. The number of anilines is 2. The van der Waals surface area contributed by atoms with Crippen molar-refractivity contribution in [3.05, 3.63) is 23.2 Å². The van der Waals surface area contributed by atoms with Gasteiger partial charge >= 0.3 is 0 Å². The van der Waals surface area contributed by atoms with Gasteiger partial charge in [0.2, 0.25) is 11.8 Å². The highest BCUT2D eigenvalue weighted by Gasteiger charge is 2.05. The smallest absolute Gasteiger partial charge is 0.250 e. The first-order chi connectivity index (χ1) is 8.02. The number of hydrogen-bond acceptors (Lipinski definition) is 3. The molecule has 0 aromatic heterocycles. The summed E-state index contributed by atoms with van der Waals surface area (Å²) in [5.41, 5.74) is 1.05. The van der Waals surface area contributed by atoms with Crippen molar-refractivity contribution in [1.29, 1.82) is 0 Å². The Hall–Kier alpha value is -1.59. The van der Waals surface area contributed by atoms with Crippen LogP contribution in [-0.2, 0) is 14.3 Å². The molecule has 0 aliphatic heterocycles. The number of halogens is 1. The fraction of sp³-hybridized carbons (Fsp3) is 0.273. The zero-order chi connectivity index (χ0) is 12.8. The molecule has 17 heavy (non-hydrogen) atoms. The summed E-state index contributed by atoms with van der Waals surface area (Å²) in [6.45, 7) is 1.37. The van der Waals surface area contributed by atoms with Crippen LogP contribution in [0.3, 0.4) is 0 Å². The lowest BCUT2D eigenvalue weighted by atomic mass is 10.2. The Morgan fingerprint density at radius 1 is 1.35 bits per heavy atom. The summed E-state index contributed by atoms with van der Waals surface area (Å²) in [4.78, 5) is 22.1. The number of hydrogen-bond donors (Lipinski definition) is 2. The molecule has 1 rings (SSSR count). The highest BCUT2D eigenvalue weighted by Crippen LogP contribution is 2.25. The topological polar surface area (TPSA) is 67.4 Å². The van der Waals surface area contributed by atoms with E-state index in [1.54, 1.807) is 18.2 Å². The normalized spacial score (nSPS) is 9.82. The Balaban J connectivity index is 2.74. The van der Waals surface area contributed by atoms with Crippen molar-refractivity contribution in [1.82, 2.24) is 0 Å². The minimum Gasteiger partial charge on any atom is -0.375 e. The number of amides is 2. The van der Waals surface area contributed by atoms with Crippen molar-refractivity contribution in [3.8, 4) is 0 Å². The molecule has 2 N–H and O–H groups in total. The van der Waals surface area contributed by atoms with E-state index >= 15 is 0 Å². The second kappa shape index (κ2) is 6.22. The van der Waals surface area contributed by atoms with Crippen LogP contribution in [0.2, 0.25) is 5.02 Å². The average molecular weight is 257 g/mol. The maximum absolute atomic E-state index is 11.2. The lowest BCUT2D eigenvalue weighted by Gasteiger charge is -2.08. The zero-order valence-electron chi connectivity index (χ0n) is 9.54. The van der Waals surface area contributed by atoms with Crippen LogP contribution in [0, 0.1) is 0 Å². The maximum atomic E-state index is 11.2. The summed E-state index contributed by atoms with van der Waals surface area (Å²) in [6, 6.07) is 4.82. The monoisotopic (exact) mass is 256 g/mol. The van der Waals surface area contributed by atoms with Crippen molar-refractivity contribution in [2.24, 2.45) is 0 Å². The van der Waals surface area contributed by atoms with Crippen molar-refractivity contribution in [2.45, 2.75) is 6.92 Å². The van der Waals surface area contributed by atoms with Crippen LogP contribution in [-0.4, -0.2) is 25.5 Å². The van der Waals surface area contributed by atoms with Gasteiger partial charge in [-0.2, -0.15) is 0 Å². The lowest BCUT2D eigenvalue weighted by Crippen LogP contribution is -2.17. The SMILES string of the molecule is COCC(=O)Nc1ccc(NC(C)=O)c(Cl)c1. The van der Waals surface area contributed by atoms with Crippen molar-refractivity contribution in [3.63, 3.8) is 0 Å². The highest BCUT2D eigenvalue weighted by molar-refractivity contribution is 6.34. The van der Waals surface area contributed by atoms with Crippen LogP contribution in [0.15, 0.2) is 18.2 Å². The van der Waals surface area contributed by atoms with E-state index < -0.39 is 0 Å². The molecule has 0 fully saturated rings. The van der Waals surface area contributed by atoms with Crippen molar-refractivity contribution >= 4 is 34.8 Å². The number of methoxy groups -OCH3 is 1. The van der Waals surface area contributed by atoms with E-state index in [0.29, 0.717) is 16.4 Å². The quantitative estimate of drug-likeness (QED) is 0.864. The summed E-state index contributed by atoms with van der Waals surface area (Å²) in [5.74, 6) is -0.473. The number of carbonyl (C=O) groups is 2. The third-order valence-corrected chi connectivity index (χ3v) is 2.15. The molecule has 5 nitrogen and oxygen atoms in total. The zero-order valence-corrected chi connectivity index (χ0v) is 10.3. The predicted octanol–water partition coefficient (Wildman–Crippen LogP) is 1.88. The second-order valence-corrected chi connectivity index (χ2v) is 3.76. The Morgan fingerprint density at radius 3 is 2.59 bits per heavy atom. The van der Waals surface area contributed by atoms with E-state index in [-0.39, 0.29) is 18.4 Å². The molecule has 6 heteroatoms. The Labute approximate surface area is 104 Å². The first kappa shape index (κ1) is 13.5. The van der Waals surface area contributed by atoms with Crippen LogP contribution in [0.1, 0.15) is 6.92 Å². The van der Waals surface area contributed by atoms with E-state index in [2.05, 4.69) is 15.4 Å². The third-order valence-electron chi connectivity index (χ3n) is 1.84. The number of benzene rings is 1. The van der Waals surface area contributed by atoms with E-state index in [4.69, 9.17) is 11.6 Å². The first-order valence-corrected chi connectivity index (χ1v) is 5.26. The summed E-state index contributed by atoms with van der Waals surface area (Å²) in [7, 11) is 1.44. The maximum Gasteiger partial charge on any atom is 0.250 e. The van der Waals surface area contributed by atoms with Crippen molar-refractivity contribution in [2.75, 3.05) is 24.4 Å². The lowest BCUT2D eigenvalue weighted by molar-refractivity contribution is -0.119. The van der Waals surface area contributed by atoms with Crippen LogP contribution in [0.5, 0.6) is 0 Å². The summed E-state index contributed by atoms with van der Waals surface area (Å²) >= 11 is 5.94. The molecule has 92 valence electrons. The Bertz CT molecular complexity index is 435. The molecule has 0 aliphatic rings. The van der Waals surface area contributed by atoms with Crippen LogP contribution < -0.4 is 10.6 Å². The van der Waals surface area contributed by atoms with Crippen LogP contribution in [0.4, 0.5) is 11.4 Å². The van der Waals surface area contributed by atoms with Gasteiger partial charge in [0, 0.05) is 19.7 Å². The van der Waals surface area contributed by atoms with Crippen molar-refractivity contribution < 1.29 is 14.3 Å². The largest absolute Gasteiger partial charge is 0.375 e.